The highest BCUT2D eigenvalue weighted by atomic mass is 31.2. The van der Waals surface area contributed by atoms with Gasteiger partial charge in [0.2, 0.25) is 24.6 Å². The van der Waals surface area contributed by atoms with Gasteiger partial charge in [-0.3, -0.25) is 36.7 Å². The fourth-order valence-corrected chi connectivity index (χ4v) is 14.5. The summed E-state index contributed by atoms with van der Waals surface area (Å²) >= 11 is 0. The Kier molecular flexibility index (Phi) is 31.8. The maximum atomic E-state index is 14.4. The second-order valence-corrected chi connectivity index (χ2v) is 30.9. The molecule has 0 spiro atoms. The summed E-state index contributed by atoms with van der Waals surface area (Å²) in [6.45, 7) is 29.5. The molecule has 0 bridgehead atoms. The Morgan fingerprint density at radius 2 is 0.772 bits per heavy atom. The molecular formula is C86H88N2O24P2. The van der Waals surface area contributed by atoms with E-state index in [0.717, 1.165) is 22.3 Å². The first-order chi connectivity index (χ1) is 54.3. The van der Waals surface area contributed by atoms with Crippen LogP contribution in [0, 0.1) is 24.0 Å². The predicted molar refractivity (Wildman–Crippen MR) is 418 cm³/mol. The molecule has 26 nitrogen and oxygen atoms in total. The fourth-order valence-electron chi connectivity index (χ4n) is 11.9. The van der Waals surface area contributed by atoms with E-state index in [1.165, 1.54) is 48.5 Å². The van der Waals surface area contributed by atoms with Crippen molar-refractivity contribution < 1.29 is 113 Å². The van der Waals surface area contributed by atoms with Gasteiger partial charge in [-0.2, -0.15) is 0 Å². The van der Waals surface area contributed by atoms with Gasteiger partial charge < -0.3 is 48.3 Å². The minimum Gasteiger partial charge on any atom is -0.445 e. The number of hydrogen-bond donors (Lipinski definition) is 2. The standard InChI is InChI=1S/C86H88N2O24P2/c1-55(31-27-33-57(3)43-45-65-59(5)71(91)69(51-85(65,7)8)111-113(99,101-49-47-87-11)103-53-67(89)73-75(107-79(93)61-35-17-13-18-36-61)77(83(97)105-73)109-81(95)63-39-21-15-22-40-63)29-25-26-30-56(2)32-28-34-58(4)44-46-66-60(6)72(92)70(52-86(66,9)10)112-114(100,102-50-48-88-12)104-54-68(90)74-76(108-80(94)62-37-19-14-20-38-62)78(84(98)106-74)110-82(96)64-41-23-16-24-42-64/h13-46,67-70,73-74,89-90H,47-54H2,1-10H3/t67-,68-,69?,70?,73+,74+,113?,114?/m0/s1. The second-order valence-electron chi connectivity index (χ2n) is 27.7. The maximum absolute atomic E-state index is 14.4. The van der Waals surface area contributed by atoms with Crippen LogP contribution in [0.5, 0.6) is 0 Å². The van der Waals surface area contributed by atoms with Crippen LogP contribution >= 0.6 is 15.6 Å². The number of phosphoric ester groups is 2. The molecule has 0 amide bonds. The molecule has 8 rings (SSSR count). The van der Waals surface area contributed by atoms with Crippen LogP contribution in [0.1, 0.15) is 124 Å². The zero-order valence-corrected chi connectivity index (χ0v) is 66.2. The number of ether oxygens (including phenoxy) is 6. The van der Waals surface area contributed by atoms with Crippen molar-refractivity contribution in [3.63, 3.8) is 0 Å². The highest BCUT2D eigenvalue weighted by molar-refractivity contribution is 7.48. The van der Waals surface area contributed by atoms with Gasteiger partial charge in [-0.15, -0.1) is 0 Å². The Morgan fingerprint density at radius 3 is 1.09 bits per heavy atom. The van der Waals surface area contributed by atoms with Crippen LogP contribution in [0.4, 0.5) is 0 Å². The number of rotatable bonds is 36. The number of Topliss-reactive ketones (excluding diaryl/α,β-unsaturated/α-hetero) is 2. The third-order valence-electron chi connectivity index (χ3n) is 17.8. The lowest BCUT2D eigenvalue weighted by molar-refractivity contribution is -0.148. The summed E-state index contributed by atoms with van der Waals surface area (Å²) in [6.07, 6.45) is 16.1. The molecule has 8 atom stereocenters. The van der Waals surface area contributed by atoms with E-state index >= 15 is 0 Å². The first-order valence-corrected chi connectivity index (χ1v) is 38.9. The van der Waals surface area contributed by atoms with Gasteiger partial charge in [-0.1, -0.05) is 208 Å². The number of ketones is 2. The Bertz CT molecular complexity index is 4600. The van der Waals surface area contributed by atoms with Crippen molar-refractivity contribution >= 4 is 63.0 Å². The summed E-state index contributed by atoms with van der Waals surface area (Å²) in [5.74, 6) is -10.6. The van der Waals surface area contributed by atoms with Crippen molar-refractivity contribution in [3.8, 4) is 0 Å². The number of nitrogens with zero attached hydrogens (tertiary/aromatic N) is 2. The molecule has 4 unspecified atom stereocenters. The summed E-state index contributed by atoms with van der Waals surface area (Å²) < 4.78 is 95.3. The lowest BCUT2D eigenvalue weighted by Crippen LogP contribution is -2.38. The Morgan fingerprint density at radius 1 is 0.474 bits per heavy atom. The van der Waals surface area contributed by atoms with Gasteiger partial charge in [0.05, 0.1) is 35.5 Å². The smallest absolute Gasteiger partial charge is 0.445 e. The molecule has 0 fully saturated rings. The van der Waals surface area contributed by atoms with Crippen molar-refractivity contribution in [1.82, 2.24) is 0 Å². The maximum Gasteiger partial charge on any atom is 0.475 e. The van der Waals surface area contributed by atoms with Gasteiger partial charge in [0.25, 0.3) is 11.5 Å². The Hall–Kier alpha value is -11.2. The summed E-state index contributed by atoms with van der Waals surface area (Å²) in [6, 6.07) is 30.4. The van der Waals surface area contributed by atoms with E-state index < -0.39 is 160 Å². The number of carbonyl (C=O) groups is 8. The molecule has 2 aliphatic heterocycles. The van der Waals surface area contributed by atoms with Crippen molar-refractivity contribution in [2.45, 2.75) is 119 Å². The Labute approximate surface area is 661 Å². The second kappa shape index (κ2) is 41.0. The highest BCUT2D eigenvalue weighted by Gasteiger charge is 2.50. The molecule has 4 aromatic carbocycles. The number of benzene rings is 4. The highest BCUT2D eigenvalue weighted by Crippen LogP contribution is 2.56. The molecule has 0 saturated heterocycles. The van der Waals surface area contributed by atoms with Crippen molar-refractivity contribution in [1.29, 1.82) is 0 Å². The number of aliphatic hydroxyl groups excluding tert-OH is 2. The van der Waals surface area contributed by atoms with E-state index in [9.17, 15) is 57.7 Å². The van der Waals surface area contributed by atoms with E-state index in [2.05, 4.69) is 9.69 Å². The van der Waals surface area contributed by atoms with Gasteiger partial charge in [0.15, 0.2) is 23.8 Å². The van der Waals surface area contributed by atoms with Gasteiger partial charge >= 0.3 is 51.5 Å². The number of esters is 6. The zero-order chi connectivity index (χ0) is 82.9. The number of hydrogen-bond acceptors (Lipinski definition) is 24. The number of aliphatic hydroxyl groups is 2. The molecule has 4 aliphatic rings. The van der Waals surface area contributed by atoms with Crippen LogP contribution in [0.25, 0.3) is 9.69 Å². The molecule has 2 N–H and O–H groups in total. The summed E-state index contributed by atoms with van der Waals surface area (Å²) in [7, 11) is -9.68. The summed E-state index contributed by atoms with van der Waals surface area (Å²) in [5, 5.41) is 23.0. The van der Waals surface area contributed by atoms with Crippen LogP contribution in [0.15, 0.2) is 274 Å². The molecule has 0 saturated carbocycles. The number of phosphoric acid groups is 2. The molecular weight excluding hydrogens is 1510 g/mol. The quantitative estimate of drug-likeness (QED) is 0.0107. The van der Waals surface area contributed by atoms with Crippen LogP contribution in [0.3, 0.4) is 0 Å². The molecule has 28 heteroatoms. The van der Waals surface area contributed by atoms with Gasteiger partial charge in [0.1, 0.15) is 37.6 Å². The van der Waals surface area contributed by atoms with Crippen LogP contribution in [0.2, 0.25) is 0 Å². The molecule has 0 radical (unpaired) electrons. The molecule has 2 aliphatic carbocycles. The monoisotopic (exact) mass is 1590 g/mol. The van der Waals surface area contributed by atoms with Gasteiger partial charge in [-0.05, 0) is 136 Å². The molecule has 596 valence electrons. The molecule has 2 heterocycles. The number of carbonyl (C=O) groups excluding carboxylic acids is 8. The third kappa shape index (κ3) is 24.6. The largest absolute Gasteiger partial charge is 0.475 e. The third-order valence-corrected chi connectivity index (χ3v) is 20.8. The minimum absolute atomic E-state index is 0.0000127. The van der Waals surface area contributed by atoms with Crippen molar-refractivity contribution in [2.75, 3.05) is 39.5 Å². The van der Waals surface area contributed by atoms with Crippen molar-refractivity contribution in [2.24, 2.45) is 10.8 Å². The zero-order valence-electron chi connectivity index (χ0n) is 64.4. The van der Waals surface area contributed by atoms with E-state index in [4.69, 9.17) is 68.7 Å². The van der Waals surface area contributed by atoms with Crippen LogP contribution in [-0.4, -0.2) is 134 Å². The first-order valence-electron chi connectivity index (χ1n) is 36.0. The first kappa shape index (κ1) is 88.3. The number of cyclic esters (lactones) is 2. The van der Waals surface area contributed by atoms with Gasteiger partial charge in [0, 0.05) is 0 Å². The lowest BCUT2D eigenvalue weighted by Gasteiger charge is -2.37. The molecule has 0 aromatic heterocycles. The average Bonchev–Trinajstić information content (AvgIpc) is 1.17. The normalized spacial score (nSPS) is 20.6. The van der Waals surface area contributed by atoms with Crippen LogP contribution < -0.4 is 0 Å². The predicted octanol–water partition coefficient (Wildman–Crippen LogP) is 15.5. The van der Waals surface area contributed by atoms with Crippen LogP contribution in [-0.2, 0) is 83.9 Å². The summed E-state index contributed by atoms with van der Waals surface area (Å²) in [4.78, 5) is 114. The van der Waals surface area contributed by atoms with Crippen molar-refractivity contribution in [3.05, 3.63) is 319 Å². The molecule has 114 heavy (non-hydrogen) atoms. The summed E-state index contributed by atoms with van der Waals surface area (Å²) in [5.41, 5.74) is 4.22. The van der Waals surface area contributed by atoms with E-state index in [1.54, 1.807) is 86.6 Å². The number of allylic oxidation sites excluding steroid dienone is 20. The van der Waals surface area contributed by atoms with E-state index in [0.29, 0.717) is 22.3 Å². The lowest BCUT2D eigenvalue weighted by atomic mass is 9.71. The molecule has 4 aromatic rings. The van der Waals surface area contributed by atoms with E-state index in [-0.39, 0.29) is 48.2 Å². The van der Waals surface area contributed by atoms with Gasteiger partial charge in [-0.25, -0.2) is 51.0 Å². The topological polar surface area (TPSA) is 331 Å². The Balaban J connectivity index is 0.842. The minimum atomic E-state index is -4.84. The fraction of sp³-hybridized carbons (Fsp3) is 0.302. The average molecular weight is 1600 g/mol. The SMILES string of the molecule is [C-]#[N+]CCOP(=O)(OC[C@H](O)[C@H]1OC(=O)C(OC(=O)c2ccccc2)=C1OC(=O)c1ccccc1)OC1CC(C)(C)C(C=CC(C)=CC=CC(C)=CC=CC=C(C)C=CC=C(C)C=CC2=C(C)C(=O)C(OP(=O)(OCC[N+]#[C-])OC[C@H](O)[C@H]3OC(=O)C(OC(=O)c4ccccc4)=C3OC(=O)c3ccccc3)CC2(C)C)=C(C)C1=O. The van der Waals surface area contributed by atoms with E-state index in [1.807, 2.05) is 140 Å².